The molecule has 0 aromatic heterocycles. The van der Waals surface area contributed by atoms with Crippen LogP contribution in [0.15, 0.2) is 0 Å². The normalized spacial score (nSPS) is 14.3. The van der Waals surface area contributed by atoms with Crippen molar-refractivity contribution in [3.8, 4) is 0 Å². The summed E-state index contributed by atoms with van der Waals surface area (Å²) < 4.78 is 25.9. The van der Waals surface area contributed by atoms with Crippen LogP contribution in [0.3, 0.4) is 0 Å². The van der Waals surface area contributed by atoms with Crippen molar-refractivity contribution in [3.63, 3.8) is 0 Å². The SMILES string of the molecule is CCC(CN)S(=O)(=O)NCCC(=O)NC(C)(C)C. The molecule has 0 rings (SSSR count). The molecule has 6 nitrogen and oxygen atoms in total. The minimum absolute atomic E-state index is 0.0834. The van der Waals surface area contributed by atoms with Gasteiger partial charge in [-0.3, -0.25) is 4.79 Å². The monoisotopic (exact) mass is 279 g/mol. The molecule has 4 N–H and O–H groups in total. The zero-order chi connectivity index (χ0) is 14.4. The summed E-state index contributed by atoms with van der Waals surface area (Å²) in [6.07, 6.45) is 0.581. The number of sulfonamides is 1. The summed E-state index contributed by atoms with van der Waals surface area (Å²) in [4.78, 5) is 11.5. The van der Waals surface area contributed by atoms with Crippen LogP contribution in [0.4, 0.5) is 0 Å². The molecule has 7 heteroatoms. The molecular formula is C11H25N3O3S. The van der Waals surface area contributed by atoms with E-state index in [1.807, 2.05) is 20.8 Å². The third kappa shape index (κ3) is 6.93. The van der Waals surface area contributed by atoms with Gasteiger partial charge in [0.25, 0.3) is 0 Å². The fraction of sp³-hybridized carbons (Fsp3) is 0.909. The first-order valence-corrected chi connectivity index (χ1v) is 7.66. The Hall–Kier alpha value is -0.660. The third-order valence-electron chi connectivity index (χ3n) is 2.33. The van der Waals surface area contributed by atoms with Gasteiger partial charge in [0.1, 0.15) is 0 Å². The molecule has 18 heavy (non-hydrogen) atoms. The van der Waals surface area contributed by atoms with Gasteiger partial charge in [-0.05, 0) is 27.2 Å². The maximum absolute atomic E-state index is 11.7. The molecule has 0 saturated carbocycles. The van der Waals surface area contributed by atoms with Crippen molar-refractivity contribution in [1.29, 1.82) is 0 Å². The highest BCUT2D eigenvalue weighted by Gasteiger charge is 2.22. The van der Waals surface area contributed by atoms with E-state index < -0.39 is 15.3 Å². The average Bonchev–Trinajstić information content (AvgIpc) is 2.15. The van der Waals surface area contributed by atoms with Crippen molar-refractivity contribution in [1.82, 2.24) is 10.0 Å². The topological polar surface area (TPSA) is 101 Å². The van der Waals surface area contributed by atoms with Crippen molar-refractivity contribution in [2.24, 2.45) is 5.73 Å². The van der Waals surface area contributed by atoms with Crippen molar-refractivity contribution >= 4 is 15.9 Å². The molecule has 0 bridgehead atoms. The maximum Gasteiger partial charge on any atom is 0.221 e. The lowest BCUT2D eigenvalue weighted by Gasteiger charge is -2.20. The number of hydrogen-bond donors (Lipinski definition) is 3. The molecule has 108 valence electrons. The Kier molecular flexibility index (Phi) is 6.80. The van der Waals surface area contributed by atoms with E-state index >= 15 is 0 Å². The lowest BCUT2D eigenvalue weighted by atomic mass is 10.1. The van der Waals surface area contributed by atoms with Crippen LogP contribution in [0.2, 0.25) is 0 Å². The average molecular weight is 279 g/mol. The van der Waals surface area contributed by atoms with Gasteiger partial charge in [-0.25, -0.2) is 13.1 Å². The Morgan fingerprint density at radius 3 is 2.28 bits per heavy atom. The summed E-state index contributed by atoms with van der Waals surface area (Å²) in [7, 11) is -3.42. The minimum atomic E-state index is -3.42. The van der Waals surface area contributed by atoms with E-state index in [2.05, 4.69) is 10.0 Å². The molecular weight excluding hydrogens is 254 g/mol. The van der Waals surface area contributed by atoms with Gasteiger partial charge in [-0.2, -0.15) is 0 Å². The Balaban J connectivity index is 4.16. The Bertz CT molecular complexity index is 356. The third-order valence-corrected chi connectivity index (χ3v) is 4.34. The van der Waals surface area contributed by atoms with Gasteiger partial charge in [-0.1, -0.05) is 6.92 Å². The minimum Gasteiger partial charge on any atom is -0.351 e. The molecule has 0 spiro atoms. The molecule has 0 heterocycles. The molecule has 0 aliphatic rings. The molecule has 1 amide bonds. The van der Waals surface area contributed by atoms with Crippen molar-refractivity contribution in [2.75, 3.05) is 13.1 Å². The van der Waals surface area contributed by atoms with Gasteiger partial charge < -0.3 is 11.1 Å². The summed E-state index contributed by atoms with van der Waals surface area (Å²) in [5, 5.41) is 2.17. The Labute approximate surface area is 110 Å². The summed E-state index contributed by atoms with van der Waals surface area (Å²) in [6, 6.07) is 0. The van der Waals surface area contributed by atoms with Crippen molar-refractivity contribution in [2.45, 2.75) is 51.3 Å². The summed E-state index contributed by atoms with van der Waals surface area (Å²) in [5.74, 6) is -0.175. The first kappa shape index (κ1) is 17.3. The number of nitrogens with one attached hydrogen (secondary N) is 2. The molecule has 0 aromatic rings. The molecule has 0 aliphatic heterocycles. The standard InChI is InChI=1S/C11H25N3O3S/c1-5-9(8-12)18(16,17)13-7-6-10(15)14-11(2,3)4/h9,13H,5-8,12H2,1-4H3,(H,14,15). The Morgan fingerprint density at radius 1 is 1.33 bits per heavy atom. The lowest BCUT2D eigenvalue weighted by molar-refractivity contribution is -0.122. The largest absolute Gasteiger partial charge is 0.351 e. The second kappa shape index (κ2) is 7.06. The Morgan fingerprint density at radius 2 is 1.89 bits per heavy atom. The highest BCUT2D eigenvalue weighted by Crippen LogP contribution is 2.02. The molecule has 1 unspecified atom stereocenters. The van der Waals surface area contributed by atoms with Crippen LogP contribution in [-0.4, -0.2) is 38.2 Å². The number of rotatable bonds is 7. The summed E-state index contributed by atoms with van der Waals surface area (Å²) >= 11 is 0. The van der Waals surface area contributed by atoms with Crippen LogP contribution in [0.1, 0.15) is 40.5 Å². The quantitative estimate of drug-likeness (QED) is 0.608. The van der Waals surface area contributed by atoms with E-state index in [0.717, 1.165) is 0 Å². The van der Waals surface area contributed by atoms with Crippen LogP contribution >= 0.6 is 0 Å². The number of amides is 1. The lowest BCUT2D eigenvalue weighted by Crippen LogP contribution is -2.43. The van der Waals surface area contributed by atoms with Crippen LogP contribution < -0.4 is 15.8 Å². The van der Waals surface area contributed by atoms with Gasteiger partial charge in [0.2, 0.25) is 15.9 Å². The molecule has 1 atom stereocenters. The van der Waals surface area contributed by atoms with E-state index in [9.17, 15) is 13.2 Å². The van der Waals surface area contributed by atoms with Crippen LogP contribution in [-0.2, 0) is 14.8 Å². The number of carbonyl (C=O) groups excluding carboxylic acids is 1. The van der Waals surface area contributed by atoms with E-state index in [1.54, 1.807) is 6.92 Å². The smallest absolute Gasteiger partial charge is 0.221 e. The highest BCUT2D eigenvalue weighted by molar-refractivity contribution is 7.90. The van der Waals surface area contributed by atoms with Crippen molar-refractivity contribution in [3.05, 3.63) is 0 Å². The molecule has 0 radical (unpaired) electrons. The predicted molar refractivity (Wildman–Crippen MR) is 72.6 cm³/mol. The fourth-order valence-corrected chi connectivity index (χ4v) is 2.73. The van der Waals surface area contributed by atoms with Crippen LogP contribution in [0.25, 0.3) is 0 Å². The number of carbonyl (C=O) groups is 1. The van der Waals surface area contributed by atoms with E-state index in [1.165, 1.54) is 0 Å². The van der Waals surface area contributed by atoms with Gasteiger partial charge in [0, 0.05) is 25.0 Å². The summed E-state index contributed by atoms with van der Waals surface area (Å²) in [5.41, 5.74) is 5.08. The molecule has 0 fully saturated rings. The van der Waals surface area contributed by atoms with Gasteiger partial charge in [0.15, 0.2) is 0 Å². The predicted octanol–water partition coefficient (Wildman–Crippen LogP) is -0.0521. The second-order valence-corrected chi connectivity index (χ2v) is 7.30. The van der Waals surface area contributed by atoms with Crippen molar-refractivity contribution < 1.29 is 13.2 Å². The van der Waals surface area contributed by atoms with Gasteiger partial charge in [0.05, 0.1) is 5.25 Å². The number of hydrogen-bond acceptors (Lipinski definition) is 4. The fourth-order valence-electron chi connectivity index (χ4n) is 1.42. The van der Waals surface area contributed by atoms with Gasteiger partial charge in [-0.15, -0.1) is 0 Å². The van der Waals surface area contributed by atoms with E-state index in [0.29, 0.717) is 6.42 Å². The first-order chi connectivity index (χ1) is 8.12. The first-order valence-electron chi connectivity index (χ1n) is 6.12. The number of nitrogens with two attached hydrogens (primary N) is 1. The van der Waals surface area contributed by atoms with Crippen LogP contribution in [0.5, 0.6) is 0 Å². The van der Waals surface area contributed by atoms with Crippen LogP contribution in [0, 0.1) is 0 Å². The molecule has 0 saturated heterocycles. The summed E-state index contributed by atoms with van der Waals surface area (Å²) in [6.45, 7) is 7.56. The molecule has 0 aromatic carbocycles. The zero-order valence-corrected chi connectivity index (χ0v) is 12.4. The van der Waals surface area contributed by atoms with Gasteiger partial charge >= 0.3 is 0 Å². The van der Waals surface area contributed by atoms with E-state index in [-0.39, 0.29) is 31.0 Å². The molecule has 0 aliphatic carbocycles. The second-order valence-electron chi connectivity index (χ2n) is 5.25. The highest BCUT2D eigenvalue weighted by atomic mass is 32.2. The van der Waals surface area contributed by atoms with E-state index in [4.69, 9.17) is 5.73 Å². The zero-order valence-electron chi connectivity index (χ0n) is 11.6. The maximum atomic E-state index is 11.7.